The van der Waals surface area contributed by atoms with Crippen LogP contribution in [0.3, 0.4) is 0 Å². The van der Waals surface area contributed by atoms with E-state index in [-0.39, 0.29) is 17.2 Å². The lowest BCUT2D eigenvalue weighted by Gasteiger charge is -2.16. The molecule has 0 aromatic heterocycles. The van der Waals surface area contributed by atoms with Gasteiger partial charge in [0.2, 0.25) is 0 Å². The van der Waals surface area contributed by atoms with Crippen LogP contribution in [0.5, 0.6) is 11.5 Å². The highest BCUT2D eigenvalue weighted by Gasteiger charge is 2.17. The minimum atomic E-state index is -1.01. The van der Waals surface area contributed by atoms with Gasteiger partial charge in [0.05, 0.1) is 12.2 Å². The van der Waals surface area contributed by atoms with Crippen molar-refractivity contribution in [3.8, 4) is 11.5 Å². The number of phenols is 1. The van der Waals surface area contributed by atoms with Crippen LogP contribution >= 0.6 is 0 Å². The van der Waals surface area contributed by atoms with Gasteiger partial charge in [0.1, 0.15) is 11.5 Å². The van der Waals surface area contributed by atoms with Crippen LogP contribution in [-0.2, 0) is 0 Å². The molecule has 4 nitrogen and oxygen atoms in total. The molecule has 0 aliphatic rings. The Balaban J connectivity index is 2.14. The van der Waals surface area contributed by atoms with E-state index in [2.05, 4.69) is 0 Å². The van der Waals surface area contributed by atoms with Crippen LogP contribution in [0, 0.1) is 0 Å². The van der Waals surface area contributed by atoms with E-state index < -0.39 is 5.97 Å². The van der Waals surface area contributed by atoms with Crippen LogP contribution in [0.1, 0.15) is 28.8 Å². The molecule has 0 aliphatic heterocycles. The number of hydrogen-bond donors (Lipinski definition) is 2. The fourth-order valence-corrected chi connectivity index (χ4v) is 1.98. The maximum Gasteiger partial charge on any atom is 0.335 e. The van der Waals surface area contributed by atoms with Gasteiger partial charge in [-0.15, -0.1) is 0 Å². The Kier molecular flexibility index (Phi) is 4.25. The van der Waals surface area contributed by atoms with E-state index >= 15 is 0 Å². The van der Waals surface area contributed by atoms with Crippen LogP contribution in [0.25, 0.3) is 0 Å². The number of aromatic carboxylic acids is 1. The molecule has 1 atom stereocenters. The second kappa shape index (κ2) is 6.10. The molecule has 2 N–H and O–H groups in total. The summed E-state index contributed by atoms with van der Waals surface area (Å²) < 4.78 is 5.62. The zero-order valence-electron chi connectivity index (χ0n) is 11.1. The molecule has 0 radical (unpaired) electrons. The number of aromatic hydroxyl groups is 1. The number of carbonyl (C=O) groups is 1. The Labute approximate surface area is 117 Å². The first-order valence-corrected chi connectivity index (χ1v) is 6.32. The standard InChI is InChI=1S/C16H16O4/c1-11(10-20-13-5-3-2-4-6-13)15-9-12(17)7-8-14(15)16(18)19/h2-9,11,17H,10H2,1H3,(H,18,19). The van der Waals surface area contributed by atoms with Crippen molar-refractivity contribution in [1.29, 1.82) is 0 Å². The number of para-hydroxylation sites is 1. The minimum Gasteiger partial charge on any atom is -0.508 e. The highest BCUT2D eigenvalue weighted by atomic mass is 16.5. The summed E-state index contributed by atoms with van der Waals surface area (Å²) >= 11 is 0. The van der Waals surface area contributed by atoms with Crippen molar-refractivity contribution in [3.05, 3.63) is 59.7 Å². The van der Waals surface area contributed by atoms with Crippen molar-refractivity contribution in [2.75, 3.05) is 6.61 Å². The number of benzene rings is 2. The first kappa shape index (κ1) is 13.9. The molecule has 0 saturated carbocycles. The van der Waals surface area contributed by atoms with Crippen LogP contribution in [-0.4, -0.2) is 22.8 Å². The molecular formula is C16H16O4. The lowest BCUT2D eigenvalue weighted by molar-refractivity contribution is 0.0695. The summed E-state index contributed by atoms with van der Waals surface area (Å²) in [6, 6.07) is 13.6. The molecule has 1 unspecified atom stereocenters. The molecule has 2 rings (SSSR count). The maximum atomic E-state index is 11.2. The lowest BCUT2D eigenvalue weighted by Crippen LogP contribution is -2.11. The molecule has 0 bridgehead atoms. The monoisotopic (exact) mass is 272 g/mol. The third kappa shape index (κ3) is 3.29. The van der Waals surface area contributed by atoms with Crippen molar-refractivity contribution < 1.29 is 19.7 Å². The second-order valence-corrected chi connectivity index (χ2v) is 4.60. The smallest absolute Gasteiger partial charge is 0.335 e. The molecule has 0 saturated heterocycles. The van der Waals surface area contributed by atoms with Gasteiger partial charge in [-0.1, -0.05) is 25.1 Å². The summed E-state index contributed by atoms with van der Waals surface area (Å²) in [5.41, 5.74) is 0.750. The highest BCUT2D eigenvalue weighted by molar-refractivity contribution is 5.89. The largest absolute Gasteiger partial charge is 0.508 e. The average Bonchev–Trinajstić information content (AvgIpc) is 2.45. The van der Waals surface area contributed by atoms with Gasteiger partial charge in [0.15, 0.2) is 0 Å². The highest BCUT2D eigenvalue weighted by Crippen LogP contribution is 2.25. The van der Waals surface area contributed by atoms with Crippen molar-refractivity contribution >= 4 is 5.97 Å². The van der Waals surface area contributed by atoms with Gasteiger partial charge < -0.3 is 14.9 Å². The van der Waals surface area contributed by atoms with Gasteiger partial charge in [0.25, 0.3) is 0 Å². The summed E-state index contributed by atoms with van der Waals surface area (Å²) in [5.74, 6) is -0.368. The van der Waals surface area contributed by atoms with E-state index in [0.29, 0.717) is 12.2 Å². The zero-order valence-corrected chi connectivity index (χ0v) is 11.1. The van der Waals surface area contributed by atoms with Crippen LogP contribution in [0.15, 0.2) is 48.5 Å². The average molecular weight is 272 g/mol. The number of ether oxygens (including phenoxy) is 1. The van der Waals surface area contributed by atoms with E-state index in [0.717, 1.165) is 5.75 Å². The maximum absolute atomic E-state index is 11.2. The molecule has 0 heterocycles. The van der Waals surface area contributed by atoms with Crippen molar-refractivity contribution in [2.45, 2.75) is 12.8 Å². The predicted octanol–water partition coefficient (Wildman–Crippen LogP) is 3.27. The number of carboxylic acid groups (broad SMARTS) is 1. The molecule has 0 amide bonds. The fraction of sp³-hybridized carbons (Fsp3) is 0.188. The van der Waals surface area contributed by atoms with Crippen LogP contribution in [0.2, 0.25) is 0 Å². The van der Waals surface area contributed by atoms with Gasteiger partial charge in [-0.25, -0.2) is 4.79 Å². The quantitative estimate of drug-likeness (QED) is 0.876. The molecule has 20 heavy (non-hydrogen) atoms. The van der Waals surface area contributed by atoms with E-state index in [1.54, 1.807) is 0 Å². The Hall–Kier alpha value is -2.49. The SMILES string of the molecule is CC(COc1ccccc1)c1cc(O)ccc1C(=O)O. The Morgan fingerprint density at radius 3 is 2.55 bits per heavy atom. The van der Waals surface area contributed by atoms with Crippen LogP contribution in [0.4, 0.5) is 0 Å². The number of carboxylic acids is 1. The lowest BCUT2D eigenvalue weighted by atomic mass is 9.96. The summed E-state index contributed by atoms with van der Waals surface area (Å²) in [5, 5.41) is 18.7. The van der Waals surface area contributed by atoms with Gasteiger partial charge in [-0.05, 0) is 35.9 Å². The van der Waals surface area contributed by atoms with Crippen molar-refractivity contribution in [1.82, 2.24) is 0 Å². The number of rotatable bonds is 5. The third-order valence-electron chi connectivity index (χ3n) is 3.04. The fourth-order valence-electron chi connectivity index (χ4n) is 1.98. The van der Waals surface area contributed by atoms with Crippen LogP contribution < -0.4 is 4.74 Å². The summed E-state index contributed by atoms with van der Waals surface area (Å²) in [4.78, 5) is 11.2. The first-order valence-electron chi connectivity index (χ1n) is 6.32. The second-order valence-electron chi connectivity index (χ2n) is 4.60. The van der Waals surface area contributed by atoms with E-state index in [4.69, 9.17) is 9.84 Å². The third-order valence-corrected chi connectivity index (χ3v) is 3.04. The van der Waals surface area contributed by atoms with Crippen molar-refractivity contribution in [3.63, 3.8) is 0 Å². The molecule has 0 aliphatic carbocycles. The van der Waals surface area contributed by atoms with Gasteiger partial charge in [-0.2, -0.15) is 0 Å². The topological polar surface area (TPSA) is 66.8 Å². The summed E-state index contributed by atoms with van der Waals surface area (Å²) in [7, 11) is 0. The van der Waals surface area contributed by atoms with Gasteiger partial charge in [-0.3, -0.25) is 0 Å². The molecule has 0 fully saturated rings. The normalized spacial score (nSPS) is 11.8. The first-order chi connectivity index (χ1) is 9.58. The zero-order chi connectivity index (χ0) is 14.5. The van der Waals surface area contributed by atoms with E-state index in [9.17, 15) is 9.90 Å². The Morgan fingerprint density at radius 1 is 1.20 bits per heavy atom. The number of hydrogen-bond acceptors (Lipinski definition) is 3. The van der Waals surface area contributed by atoms with Gasteiger partial charge >= 0.3 is 5.97 Å². The molecular weight excluding hydrogens is 256 g/mol. The van der Waals surface area contributed by atoms with Crippen molar-refractivity contribution in [2.24, 2.45) is 0 Å². The predicted molar refractivity (Wildman–Crippen MR) is 75.4 cm³/mol. The summed E-state index contributed by atoms with van der Waals surface area (Å²) in [6.07, 6.45) is 0. The minimum absolute atomic E-state index is 0.0524. The Bertz CT molecular complexity index is 593. The van der Waals surface area contributed by atoms with E-state index in [1.165, 1.54) is 18.2 Å². The number of phenolic OH excluding ortho intramolecular Hbond substituents is 1. The summed E-state index contributed by atoms with van der Waals surface area (Å²) in [6.45, 7) is 2.21. The molecule has 104 valence electrons. The molecule has 4 heteroatoms. The van der Waals surface area contributed by atoms with Gasteiger partial charge in [0, 0.05) is 5.92 Å². The Morgan fingerprint density at radius 2 is 1.90 bits per heavy atom. The molecule has 2 aromatic carbocycles. The van der Waals surface area contributed by atoms with E-state index in [1.807, 2.05) is 37.3 Å². The molecule has 2 aromatic rings. The molecule has 0 spiro atoms.